The maximum atomic E-state index is 11.6. The zero-order valence-corrected chi connectivity index (χ0v) is 11.9. The molecule has 0 aliphatic heterocycles. The van der Waals surface area contributed by atoms with Gasteiger partial charge in [0, 0.05) is 18.5 Å². The summed E-state index contributed by atoms with van der Waals surface area (Å²) in [5.74, 6) is 1.48. The van der Waals surface area contributed by atoms with Crippen LogP contribution >= 0.6 is 11.8 Å². The number of nitrogens with one attached hydrogen (secondary N) is 1. The molecule has 0 aromatic carbocycles. The maximum Gasteiger partial charge on any atom is 0.179 e. The molecular weight excluding hydrogens is 256 g/mol. The second-order valence-corrected chi connectivity index (χ2v) is 6.92. The van der Waals surface area contributed by atoms with Crippen molar-refractivity contribution in [2.75, 3.05) is 23.6 Å². The molecule has 4 nitrogen and oxygen atoms in total. The van der Waals surface area contributed by atoms with E-state index in [1.54, 1.807) is 30.1 Å². The second-order valence-electron chi connectivity index (χ2n) is 3.95. The summed E-state index contributed by atoms with van der Waals surface area (Å²) < 4.78 is 23.1. The van der Waals surface area contributed by atoms with Gasteiger partial charge in [-0.2, -0.15) is 11.8 Å². The lowest BCUT2D eigenvalue weighted by atomic mass is 10.2. The Morgan fingerprint density at radius 2 is 2.24 bits per heavy atom. The molecule has 1 rings (SSSR count). The largest absolute Gasteiger partial charge is 0.367 e. The number of thioether (sulfide) groups is 1. The summed E-state index contributed by atoms with van der Waals surface area (Å²) in [6.45, 7) is 2.02. The van der Waals surface area contributed by atoms with Crippen LogP contribution in [0.25, 0.3) is 0 Å². The number of pyridine rings is 1. The minimum atomic E-state index is -3.23. The summed E-state index contributed by atoms with van der Waals surface area (Å²) in [7, 11) is -3.23. The SMILES string of the molecule is CSCCC(C)Nc1ncccc1S(C)(=O)=O. The molecule has 1 atom stereocenters. The smallest absolute Gasteiger partial charge is 0.179 e. The molecule has 1 aromatic rings. The predicted octanol–water partition coefficient (Wildman–Crippen LogP) is 2.04. The van der Waals surface area contributed by atoms with E-state index in [-0.39, 0.29) is 10.9 Å². The molecule has 1 N–H and O–H groups in total. The van der Waals surface area contributed by atoms with Crippen molar-refractivity contribution < 1.29 is 8.42 Å². The minimum absolute atomic E-state index is 0.206. The Balaban J connectivity index is 2.84. The number of hydrogen-bond acceptors (Lipinski definition) is 5. The highest BCUT2D eigenvalue weighted by atomic mass is 32.2. The molecule has 0 fully saturated rings. The zero-order valence-electron chi connectivity index (χ0n) is 10.3. The molecule has 0 spiro atoms. The van der Waals surface area contributed by atoms with E-state index in [2.05, 4.69) is 16.6 Å². The highest BCUT2D eigenvalue weighted by Crippen LogP contribution is 2.19. The molecule has 6 heteroatoms. The fourth-order valence-electron chi connectivity index (χ4n) is 1.40. The first kappa shape index (κ1) is 14.3. The van der Waals surface area contributed by atoms with Crippen molar-refractivity contribution in [2.45, 2.75) is 24.3 Å². The summed E-state index contributed by atoms with van der Waals surface area (Å²) in [5, 5.41) is 3.15. The standard InChI is InChI=1S/C11H18N2O2S2/c1-9(6-8-16-2)13-11-10(17(3,14)15)5-4-7-12-11/h4-5,7,9H,6,8H2,1-3H3,(H,12,13). The number of sulfone groups is 1. The van der Waals surface area contributed by atoms with Gasteiger partial charge in [0.15, 0.2) is 9.84 Å². The summed E-state index contributed by atoms with van der Waals surface area (Å²) in [6, 6.07) is 3.41. The maximum absolute atomic E-state index is 11.6. The summed E-state index contributed by atoms with van der Waals surface area (Å²) >= 11 is 1.77. The summed E-state index contributed by atoms with van der Waals surface area (Å²) in [5.41, 5.74) is 0. The Kier molecular flexibility index (Phi) is 5.27. The third kappa shape index (κ3) is 4.55. The molecule has 0 aliphatic rings. The van der Waals surface area contributed by atoms with Crippen LogP contribution in [0.2, 0.25) is 0 Å². The van der Waals surface area contributed by atoms with Crippen molar-refractivity contribution in [2.24, 2.45) is 0 Å². The van der Waals surface area contributed by atoms with E-state index < -0.39 is 9.84 Å². The van der Waals surface area contributed by atoms with E-state index in [4.69, 9.17) is 0 Å². The number of nitrogens with zero attached hydrogens (tertiary/aromatic N) is 1. The summed E-state index contributed by atoms with van der Waals surface area (Å²) in [4.78, 5) is 4.36. The molecule has 0 amide bonds. The van der Waals surface area contributed by atoms with Gasteiger partial charge in [-0.25, -0.2) is 13.4 Å². The Morgan fingerprint density at radius 3 is 2.82 bits per heavy atom. The van der Waals surface area contributed by atoms with Crippen molar-refractivity contribution in [3.63, 3.8) is 0 Å². The molecule has 96 valence electrons. The second kappa shape index (κ2) is 6.26. The van der Waals surface area contributed by atoms with Crippen molar-refractivity contribution >= 4 is 27.4 Å². The van der Waals surface area contributed by atoms with Crippen LogP contribution in [0.15, 0.2) is 23.2 Å². The van der Waals surface area contributed by atoms with Gasteiger partial charge < -0.3 is 5.32 Å². The van der Waals surface area contributed by atoms with Gasteiger partial charge >= 0.3 is 0 Å². The zero-order chi connectivity index (χ0) is 12.9. The van der Waals surface area contributed by atoms with Crippen LogP contribution < -0.4 is 5.32 Å². The summed E-state index contributed by atoms with van der Waals surface area (Å²) in [6.07, 6.45) is 5.82. The van der Waals surface area contributed by atoms with Crippen LogP contribution in [0.1, 0.15) is 13.3 Å². The quantitative estimate of drug-likeness (QED) is 0.860. The van der Waals surface area contributed by atoms with E-state index in [1.807, 2.05) is 6.92 Å². The van der Waals surface area contributed by atoms with Gasteiger partial charge in [0.05, 0.1) is 0 Å². The lowest BCUT2D eigenvalue weighted by molar-refractivity contribution is 0.601. The van der Waals surface area contributed by atoms with E-state index in [0.29, 0.717) is 5.82 Å². The lowest BCUT2D eigenvalue weighted by Gasteiger charge is -2.15. The number of anilines is 1. The average molecular weight is 274 g/mol. The highest BCUT2D eigenvalue weighted by molar-refractivity contribution is 7.98. The Labute approximate surface area is 107 Å². The molecule has 17 heavy (non-hydrogen) atoms. The highest BCUT2D eigenvalue weighted by Gasteiger charge is 2.15. The average Bonchev–Trinajstić information content (AvgIpc) is 2.25. The monoisotopic (exact) mass is 274 g/mol. The van der Waals surface area contributed by atoms with Crippen LogP contribution in [-0.4, -0.2) is 37.7 Å². The van der Waals surface area contributed by atoms with Crippen molar-refractivity contribution in [3.8, 4) is 0 Å². The number of aromatic nitrogens is 1. The Morgan fingerprint density at radius 1 is 1.53 bits per heavy atom. The molecule has 0 bridgehead atoms. The predicted molar refractivity (Wildman–Crippen MR) is 73.4 cm³/mol. The normalized spacial score (nSPS) is 13.4. The molecule has 0 saturated heterocycles. The first-order valence-corrected chi connectivity index (χ1v) is 8.64. The molecule has 1 heterocycles. The third-order valence-corrected chi connectivity index (χ3v) is 4.08. The molecule has 0 radical (unpaired) electrons. The van der Waals surface area contributed by atoms with Crippen molar-refractivity contribution in [1.29, 1.82) is 0 Å². The topological polar surface area (TPSA) is 59.1 Å². The van der Waals surface area contributed by atoms with Crippen molar-refractivity contribution in [3.05, 3.63) is 18.3 Å². The van der Waals surface area contributed by atoms with Gasteiger partial charge in [0.25, 0.3) is 0 Å². The van der Waals surface area contributed by atoms with Gasteiger partial charge in [0.1, 0.15) is 10.7 Å². The van der Waals surface area contributed by atoms with Crippen LogP contribution in [0.3, 0.4) is 0 Å². The van der Waals surface area contributed by atoms with Crippen LogP contribution in [0.5, 0.6) is 0 Å². The molecule has 1 aromatic heterocycles. The molecular formula is C11H18N2O2S2. The Bertz CT molecular complexity index is 460. The van der Waals surface area contributed by atoms with Crippen LogP contribution in [0.4, 0.5) is 5.82 Å². The number of hydrogen-bond donors (Lipinski definition) is 1. The van der Waals surface area contributed by atoms with Gasteiger partial charge in [-0.3, -0.25) is 0 Å². The van der Waals surface area contributed by atoms with Crippen LogP contribution in [0, 0.1) is 0 Å². The van der Waals surface area contributed by atoms with Crippen LogP contribution in [-0.2, 0) is 9.84 Å². The first-order valence-electron chi connectivity index (χ1n) is 5.35. The Hall–Kier alpha value is -0.750. The third-order valence-electron chi connectivity index (χ3n) is 2.31. The van der Waals surface area contributed by atoms with E-state index >= 15 is 0 Å². The first-order chi connectivity index (χ1) is 7.95. The van der Waals surface area contributed by atoms with Gasteiger partial charge in [0.2, 0.25) is 0 Å². The molecule has 0 aliphatic carbocycles. The van der Waals surface area contributed by atoms with E-state index in [0.717, 1.165) is 12.2 Å². The lowest BCUT2D eigenvalue weighted by Crippen LogP contribution is -2.18. The molecule has 1 unspecified atom stereocenters. The van der Waals surface area contributed by atoms with E-state index in [1.165, 1.54) is 6.26 Å². The number of rotatable bonds is 6. The van der Waals surface area contributed by atoms with E-state index in [9.17, 15) is 8.42 Å². The van der Waals surface area contributed by atoms with Gasteiger partial charge in [-0.1, -0.05) is 0 Å². The fourth-order valence-corrected chi connectivity index (χ4v) is 2.78. The molecule has 0 saturated carbocycles. The van der Waals surface area contributed by atoms with Gasteiger partial charge in [-0.15, -0.1) is 0 Å². The minimum Gasteiger partial charge on any atom is -0.367 e. The van der Waals surface area contributed by atoms with Crippen molar-refractivity contribution in [1.82, 2.24) is 4.98 Å². The van der Waals surface area contributed by atoms with Gasteiger partial charge in [-0.05, 0) is 37.5 Å². The fraction of sp³-hybridized carbons (Fsp3) is 0.545.